The van der Waals surface area contributed by atoms with Gasteiger partial charge >= 0.3 is 0 Å². The Labute approximate surface area is 139 Å². The average molecular weight is 326 g/mol. The largest absolute Gasteiger partial charge is 0.360 e. The number of amides is 1. The molecule has 7 nitrogen and oxygen atoms in total. The lowest BCUT2D eigenvalue weighted by molar-refractivity contribution is 0.0946. The van der Waals surface area contributed by atoms with Crippen LogP contribution < -0.4 is 5.32 Å². The standard InChI is InChI=1S/C17H18N4O3/c1-3-4-13-9-14(24-20-13)10-19-17(22)15-11(2)23-21-16(15)12-5-7-18-8-6-12/h5-9H,3-4,10H2,1-2H3,(H,19,22). The van der Waals surface area contributed by atoms with Crippen molar-refractivity contribution in [1.29, 1.82) is 0 Å². The minimum Gasteiger partial charge on any atom is -0.360 e. The molecular formula is C17H18N4O3. The van der Waals surface area contributed by atoms with Gasteiger partial charge in [0.15, 0.2) is 5.76 Å². The highest BCUT2D eigenvalue weighted by molar-refractivity contribution is 6.00. The fraction of sp³-hybridized carbons (Fsp3) is 0.294. The number of carbonyl (C=O) groups is 1. The molecule has 0 saturated heterocycles. The minimum absolute atomic E-state index is 0.260. The lowest BCUT2D eigenvalue weighted by Crippen LogP contribution is -2.23. The molecule has 0 aliphatic heterocycles. The molecule has 24 heavy (non-hydrogen) atoms. The summed E-state index contributed by atoms with van der Waals surface area (Å²) in [6.07, 6.45) is 5.14. The molecule has 0 unspecified atom stereocenters. The van der Waals surface area contributed by atoms with Gasteiger partial charge in [-0.25, -0.2) is 0 Å². The highest BCUT2D eigenvalue weighted by Crippen LogP contribution is 2.24. The fourth-order valence-electron chi connectivity index (χ4n) is 2.42. The zero-order valence-electron chi connectivity index (χ0n) is 13.6. The maximum atomic E-state index is 12.5. The Morgan fingerprint density at radius 2 is 2.00 bits per heavy atom. The van der Waals surface area contributed by atoms with Crippen molar-refractivity contribution < 1.29 is 13.8 Å². The molecule has 3 aromatic heterocycles. The number of pyridine rings is 1. The van der Waals surface area contributed by atoms with Crippen molar-refractivity contribution in [1.82, 2.24) is 20.6 Å². The van der Waals surface area contributed by atoms with E-state index in [1.54, 1.807) is 31.5 Å². The Balaban J connectivity index is 1.74. The highest BCUT2D eigenvalue weighted by Gasteiger charge is 2.21. The second-order valence-electron chi connectivity index (χ2n) is 5.42. The number of carbonyl (C=O) groups excluding carboxylic acids is 1. The molecule has 3 aromatic rings. The van der Waals surface area contributed by atoms with Crippen LogP contribution in [0.4, 0.5) is 0 Å². The molecule has 0 atom stereocenters. The van der Waals surface area contributed by atoms with E-state index in [1.165, 1.54) is 0 Å². The Morgan fingerprint density at radius 3 is 2.75 bits per heavy atom. The van der Waals surface area contributed by atoms with Gasteiger partial charge in [0.1, 0.15) is 17.0 Å². The predicted molar refractivity (Wildman–Crippen MR) is 86.1 cm³/mol. The first-order chi connectivity index (χ1) is 11.7. The summed E-state index contributed by atoms with van der Waals surface area (Å²) in [5, 5.41) is 10.8. The third-order valence-electron chi connectivity index (χ3n) is 3.58. The van der Waals surface area contributed by atoms with Gasteiger partial charge in [0.05, 0.1) is 12.2 Å². The van der Waals surface area contributed by atoms with E-state index in [-0.39, 0.29) is 12.5 Å². The van der Waals surface area contributed by atoms with Crippen LogP contribution in [0.2, 0.25) is 0 Å². The highest BCUT2D eigenvalue weighted by atomic mass is 16.5. The molecule has 3 rings (SSSR count). The average Bonchev–Trinajstić information content (AvgIpc) is 3.20. The van der Waals surface area contributed by atoms with Crippen LogP contribution in [-0.2, 0) is 13.0 Å². The molecule has 7 heteroatoms. The van der Waals surface area contributed by atoms with Crippen molar-refractivity contribution in [3.63, 3.8) is 0 Å². The van der Waals surface area contributed by atoms with E-state index in [4.69, 9.17) is 9.05 Å². The SMILES string of the molecule is CCCc1cc(CNC(=O)c2c(-c3ccncc3)noc2C)on1. The Kier molecular flexibility index (Phi) is 4.69. The Morgan fingerprint density at radius 1 is 1.21 bits per heavy atom. The topological polar surface area (TPSA) is 94.1 Å². The maximum absolute atomic E-state index is 12.5. The van der Waals surface area contributed by atoms with Gasteiger partial charge in [-0.3, -0.25) is 9.78 Å². The molecular weight excluding hydrogens is 308 g/mol. The molecule has 124 valence electrons. The van der Waals surface area contributed by atoms with E-state index < -0.39 is 0 Å². The lowest BCUT2D eigenvalue weighted by atomic mass is 10.1. The Bertz CT molecular complexity index is 823. The third-order valence-corrected chi connectivity index (χ3v) is 3.58. The van der Waals surface area contributed by atoms with Gasteiger partial charge in [-0.15, -0.1) is 0 Å². The molecule has 0 aliphatic rings. The summed E-state index contributed by atoms with van der Waals surface area (Å²) >= 11 is 0. The molecule has 0 bridgehead atoms. The number of hydrogen-bond donors (Lipinski definition) is 1. The number of nitrogens with zero attached hydrogens (tertiary/aromatic N) is 3. The number of hydrogen-bond acceptors (Lipinski definition) is 6. The molecule has 0 saturated carbocycles. The monoisotopic (exact) mass is 326 g/mol. The predicted octanol–water partition coefficient (Wildman–Crippen LogP) is 2.92. The first-order valence-electron chi connectivity index (χ1n) is 7.78. The van der Waals surface area contributed by atoms with Gasteiger partial charge in [-0.1, -0.05) is 23.7 Å². The molecule has 1 N–H and O–H groups in total. The number of rotatable bonds is 6. The summed E-state index contributed by atoms with van der Waals surface area (Å²) in [6.45, 7) is 4.04. The van der Waals surface area contributed by atoms with Crippen molar-refractivity contribution in [2.75, 3.05) is 0 Å². The van der Waals surface area contributed by atoms with E-state index >= 15 is 0 Å². The summed E-state index contributed by atoms with van der Waals surface area (Å²) in [5.74, 6) is 0.809. The molecule has 0 aliphatic carbocycles. The second kappa shape index (κ2) is 7.08. The van der Waals surface area contributed by atoms with Crippen LogP contribution in [0.5, 0.6) is 0 Å². The smallest absolute Gasteiger partial charge is 0.257 e. The molecule has 0 fully saturated rings. The van der Waals surface area contributed by atoms with E-state index in [0.717, 1.165) is 24.1 Å². The van der Waals surface area contributed by atoms with Crippen LogP contribution >= 0.6 is 0 Å². The van der Waals surface area contributed by atoms with Gasteiger partial charge < -0.3 is 14.4 Å². The van der Waals surface area contributed by atoms with Gasteiger partial charge in [0.25, 0.3) is 5.91 Å². The van der Waals surface area contributed by atoms with Crippen molar-refractivity contribution >= 4 is 5.91 Å². The summed E-state index contributed by atoms with van der Waals surface area (Å²) in [4.78, 5) is 16.5. The van der Waals surface area contributed by atoms with Gasteiger partial charge in [-0.2, -0.15) is 0 Å². The summed E-state index contributed by atoms with van der Waals surface area (Å²) in [7, 11) is 0. The maximum Gasteiger partial charge on any atom is 0.257 e. The molecule has 3 heterocycles. The first kappa shape index (κ1) is 15.9. The van der Waals surface area contributed by atoms with Gasteiger partial charge in [-0.05, 0) is 25.5 Å². The number of aryl methyl sites for hydroxylation is 2. The molecule has 0 spiro atoms. The van der Waals surface area contributed by atoms with Crippen molar-refractivity contribution in [3.8, 4) is 11.3 Å². The normalized spacial score (nSPS) is 10.8. The molecule has 0 aromatic carbocycles. The lowest BCUT2D eigenvalue weighted by Gasteiger charge is -2.03. The van der Waals surface area contributed by atoms with E-state index in [9.17, 15) is 4.79 Å². The number of aromatic nitrogens is 3. The second-order valence-corrected chi connectivity index (χ2v) is 5.42. The Hall–Kier alpha value is -2.96. The van der Waals surface area contributed by atoms with Crippen LogP contribution in [0.3, 0.4) is 0 Å². The summed E-state index contributed by atoms with van der Waals surface area (Å²) in [6, 6.07) is 5.41. The van der Waals surface area contributed by atoms with E-state index in [0.29, 0.717) is 22.8 Å². The van der Waals surface area contributed by atoms with Crippen LogP contribution in [0.25, 0.3) is 11.3 Å². The number of nitrogens with one attached hydrogen (secondary N) is 1. The van der Waals surface area contributed by atoms with E-state index in [1.807, 2.05) is 6.07 Å². The van der Waals surface area contributed by atoms with Gasteiger partial charge in [0, 0.05) is 24.0 Å². The first-order valence-corrected chi connectivity index (χ1v) is 7.78. The van der Waals surface area contributed by atoms with E-state index in [2.05, 4.69) is 27.5 Å². The minimum atomic E-state index is -0.269. The quantitative estimate of drug-likeness (QED) is 0.748. The van der Waals surface area contributed by atoms with Crippen LogP contribution in [-0.4, -0.2) is 21.2 Å². The van der Waals surface area contributed by atoms with Crippen LogP contribution in [0.1, 0.15) is 40.9 Å². The zero-order valence-corrected chi connectivity index (χ0v) is 13.6. The van der Waals surface area contributed by atoms with Gasteiger partial charge in [0.2, 0.25) is 0 Å². The summed E-state index contributed by atoms with van der Waals surface area (Å²) < 4.78 is 10.4. The zero-order chi connectivity index (χ0) is 16.9. The molecule has 1 amide bonds. The fourth-order valence-corrected chi connectivity index (χ4v) is 2.42. The van der Waals surface area contributed by atoms with Crippen molar-refractivity contribution in [3.05, 3.63) is 53.4 Å². The van der Waals surface area contributed by atoms with Crippen molar-refractivity contribution in [2.24, 2.45) is 0 Å². The van der Waals surface area contributed by atoms with Crippen LogP contribution in [0, 0.1) is 6.92 Å². The third kappa shape index (κ3) is 3.34. The summed E-state index contributed by atoms with van der Waals surface area (Å²) in [5.41, 5.74) is 2.57. The van der Waals surface area contributed by atoms with Crippen LogP contribution in [0.15, 0.2) is 39.6 Å². The van der Waals surface area contributed by atoms with Crippen molar-refractivity contribution in [2.45, 2.75) is 33.2 Å². The molecule has 0 radical (unpaired) electrons.